The molecule has 136 valence electrons. The summed E-state index contributed by atoms with van der Waals surface area (Å²) in [7, 11) is 0. The number of pyridine rings is 1. The van der Waals surface area contributed by atoms with Gasteiger partial charge in [-0.2, -0.15) is 0 Å². The van der Waals surface area contributed by atoms with Gasteiger partial charge >= 0.3 is 0 Å². The van der Waals surface area contributed by atoms with E-state index in [1.54, 1.807) is 16.7 Å². The third-order valence-corrected chi connectivity index (χ3v) is 5.22. The zero-order valence-electron chi connectivity index (χ0n) is 14.6. The number of para-hydroxylation sites is 1. The Morgan fingerprint density at radius 2 is 1.85 bits per heavy atom. The van der Waals surface area contributed by atoms with Crippen LogP contribution in [0.25, 0.3) is 27.7 Å². The second kappa shape index (κ2) is 6.89. The zero-order chi connectivity index (χ0) is 19.1. The van der Waals surface area contributed by atoms with Gasteiger partial charge in [-0.25, -0.2) is 0 Å². The molecule has 2 aromatic carbocycles. The van der Waals surface area contributed by atoms with Gasteiger partial charge in [0.1, 0.15) is 0 Å². The van der Waals surface area contributed by atoms with Crippen molar-refractivity contribution >= 4 is 34.1 Å². The summed E-state index contributed by atoms with van der Waals surface area (Å²) < 4.78 is 1.71. The number of benzene rings is 2. The molecule has 2 heterocycles. The largest absolute Gasteiger partial charge is 0.494 e. The smallest absolute Gasteiger partial charge is 0.206 e. The van der Waals surface area contributed by atoms with E-state index in [1.165, 1.54) is 0 Å². The molecule has 6 heteroatoms. The molecule has 0 aliphatic carbocycles. The van der Waals surface area contributed by atoms with E-state index in [9.17, 15) is 5.11 Å². The SMILES string of the molecule is Cc1nc2cn(-c3ccccc3)c(O)c2c(-c2ccc(Cl)cc2Cl)c1CN. The first-order chi connectivity index (χ1) is 13.0. The summed E-state index contributed by atoms with van der Waals surface area (Å²) in [4.78, 5) is 4.66. The monoisotopic (exact) mass is 397 g/mol. The first-order valence-electron chi connectivity index (χ1n) is 8.45. The molecular formula is C21H17Cl2N3O. The van der Waals surface area contributed by atoms with Crippen LogP contribution in [0, 0.1) is 6.92 Å². The maximum Gasteiger partial charge on any atom is 0.206 e. The molecule has 0 aliphatic heterocycles. The molecule has 0 fully saturated rings. The van der Waals surface area contributed by atoms with Gasteiger partial charge in [0.25, 0.3) is 0 Å². The maximum absolute atomic E-state index is 11.1. The predicted octanol–water partition coefficient (Wildman–Crippen LogP) is 5.47. The number of hydrogen-bond donors (Lipinski definition) is 2. The Morgan fingerprint density at radius 3 is 2.52 bits per heavy atom. The van der Waals surface area contributed by atoms with Gasteiger partial charge in [0, 0.05) is 45.3 Å². The highest BCUT2D eigenvalue weighted by Gasteiger charge is 2.22. The Labute approximate surface area is 166 Å². The normalized spacial score (nSPS) is 11.3. The minimum Gasteiger partial charge on any atom is -0.494 e. The van der Waals surface area contributed by atoms with Crippen LogP contribution in [-0.2, 0) is 6.54 Å². The third-order valence-electron chi connectivity index (χ3n) is 4.67. The maximum atomic E-state index is 11.1. The van der Waals surface area contributed by atoms with Crippen LogP contribution >= 0.6 is 23.2 Å². The van der Waals surface area contributed by atoms with Crippen molar-refractivity contribution in [1.29, 1.82) is 0 Å². The molecule has 27 heavy (non-hydrogen) atoms. The molecule has 0 saturated heterocycles. The Morgan fingerprint density at radius 1 is 1.11 bits per heavy atom. The molecule has 0 saturated carbocycles. The number of aryl methyl sites for hydroxylation is 1. The number of fused-ring (bicyclic) bond motifs is 1. The molecule has 0 unspecified atom stereocenters. The lowest BCUT2D eigenvalue weighted by Crippen LogP contribution is -2.04. The molecule has 4 aromatic rings. The van der Waals surface area contributed by atoms with E-state index in [2.05, 4.69) is 4.98 Å². The lowest BCUT2D eigenvalue weighted by atomic mass is 9.95. The van der Waals surface area contributed by atoms with Crippen LogP contribution in [0.3, 0.4) is 0 Å². The number of aromatic hydroxyl groups is 1. The summed E-state index contributed by atoms with van der Waals surface area (Å²) in [5.74, 6) is 0.0967. The van der Waals surface area contributed by atoms with Gasteiger partial charge in [-0.1, -0.05) is 47.5 Å². The average Bonchev–Trinajstić information content (AvgIpc) is 2.98. The first kappa shape index (κ1) is 17.9. The molecule has 4 rings (SSSR count). The quantitative estimate of drug-likeness (QED) is 0.481. The van der Waals surface area contributed by atoms with Crippen LogP contribution in [0.15, 0.2) is 54.7 Å². The number of aromatic nitrogens is 2. The minimum absolute atomic E-state index is 0.0967. The standard InChI is InChI=1S/C21H17Cl2N3O/c1-12-16(10-24)19(15-8-7-13(22)9-17(15)23)20-18(25-12)11-26(21(20)27)14-5-3-2-4-6-14/h2-9,11,27H,10,24H2,1H3. The summed E-state index contributed by atoms with van der Waals surface area (Å²) >= 11 is 12.6. The number of nitrogens with zero attached hydrogens (tertiary/aromatic N) is 2. The average molecular weight is 398 g/mol. The summed E-state index contributed by atoms with van der Waals surface area (Å²) in [6.07, 6.45) is 1.82. The lowest BCUT2D eigenvalue weighted by Gasteiger charge is -2.14. The van der Waals surface area contributed by atoms with Crippen LogP contribution in [0.5, 0.6) is 5.88 Å². The molecule has 4 nitrogen and oxygen atoms in total. The molecule has 2 aromatic heterocycles. The van der Waals surface area contributed by atoms with Crippen molar-refractivity contribution in [3.63, 3.8) is 0 Å². The number of halogens is 2. The van der Waals surface area contributed by atoms with E-state index in [0.29, 0.717) is 20.9 Å². The van der Waals surface area contributed by atoms with E-state index in [4.69, 9.17) is 28.9 Å². The van der Waals surface area contributed by atoms with Crippen molar-refractivity contribution < 1.29 is 5.11 Å². The Balaban J connectivity index is 2.11. The lowest BCUT2D eigenvalue weighted by molar-refractivity contribution is 0.448. The highest BCUT2D eigenvalue weighted by molar-refractivity contribution is 6.36. The molecule has 0 spiro atoms. The molecular weight excluding hydrogens is 381 g/mol. The second-order valence-electron chi connectivity index (χ2n) is 6.30. The highest BCUT2D eigenvalue weighted by atomic mass is 35.5. The van der Waals surface area contributed by atoms with Crippen molar-refractivity contribution in [2.75, 3.05) is 0 Å². The Hall–Kier alpha value is -2.53. The molecule has 0 atom stereocenters. The zero-order valence-corrected chi connectivity index (χ0v) is 16.1. The predicted molar refractivity (Wildman–Crippen MR) is 111 cm³/mol. The molecule has 0 aliphatic rings. The van der Waals surface area contributed by atoms with E-state index < -0.39 is 0 Å². The van der Waals surface area contributed by atoms with Gasteiger partial charge in [0.15, 0.2) is 0 Å². The van der Waals surface area contributed by atoms with Gasteiger partial charge in [0.2, 0.25) is 5.88 Å². The first-order valence-corrected chi connectivity index (χ1v) is 9.21. The van der Waals surface area contributed by atoms with Crippen LogP contribution in [-0.4, -0.2) is 14.7 Å². The summed E-state index contributed by atoms with van der Waals surface area (Å²) in [6.45, 7) is 2.19. The fourth-order valence-corrected chi connectivity index (χ4v) is 3.92. The highest BCUT2D eigenvalue weighted by Crippen LogP contribution is 2.42. The fraction of sp³-hybridized carbons (Fsp3) is 0.0952. The van der Waals surface area contributed by atoms with E-state index in [1.807, 2.05) is 49.5 Å². The molecule has 0 amide bonds. The Bertz CT molecular complexity index is 1150. The van der Waals surface area contributed by atoms with Crippen molar-refractivity contribution in [3.05, 3.63) is 76.0 Å². The summed E-state index contributed by atoms with van der Waals surface area (Å²) in [5, 5.41) is 12.7. The number of hydrogen-bond acceptors (Lipinski definition) is 3. The topological polar surface area (TPSA) is 64.1 Å². The van der Waals surface area contributed by atoms with Crippen LogP contribution in [0.4, 0.5) is 0 Å². The van der Waals surface area contributed by atoms with Crippen molar-refractivity contribution in [2.24, 2.45) is 5.73 Å². The van der Waals surface area contributed by atoms with Crippen molar-refractivity contribution in [1.82, 2.24) is 9.55 Å². The second-order valence-corrected chi connectivity index (χ2v) is 7.14. The van der Waals surface area contributed by atoms with E-state index in [-0.39, 0.29) is 12.4 Å². The van der Waals surface area contributed by atoms with Gasteiger partial charge in [-0.05, 0) is 36.8 Å². The fourth-order valence-electron chi connectivity index (χ4n) is 3.41. The van der Waals surface area contributed by atoms with Gasteiger partial charge < -0.3 is 10.8 Å². The molecule has 0 bridgehead atoms. The Kier molecular flexibility index (Phi) is 4.56. The third kappa shape index (κ3) is 2.96. The molecule has 3 N–H and O–H groups in total. The van der Waals surface area contributed by atoms with Crippen LogP contribution < -0.4 is 5.73 Å². The number of rotatable bonds is 3. The van der Waals surface area contributed by atoms with Crippen molar-refractivity contribution in [2.45, 2.75) is 13.5 Å². The molecule has 0 radical (unpaired) electrons. The van der Waals surface area contributed by atoms with Crippen molar-refractivity contribution in [3.8, 4) is 22.7 Å². The summed E-state index contributed by atoms with van der Waals surface area (Å²) in [5.41, 5.74) is 10.7. The van der Waals surface area contributed by atoms with Gasteiger partial charge in [-0.3, -0.25) is 9.55 Å². The van der Waals surface area contributed by atoms with Crippen LogP contribution in [0.1, 0.15) is 11.3 Å². The van der Waals surface area contributed by atoms with Gasteiger partial charge in [-0.15, -0.1) is 0 Å². The van der Waals surface area contributed by atoms with E-state index in [0.717, 1.165) is 28.1 Å². The van der Waals surface area contributed by atoms with E-state index >= 15 is 0 Å². The number of nitrogens with two attached hydrogens (primary N) is 1. The summed E-state index contributed by atoms with van der Waals surface area (Å²) in [6, 6.07) is 14.9. The minimum atomic E-state index is 0.0967. The van der Waals surface area contributed by atoms with Gasteiger partial charge in [0.05, 0.1) is 10.9 Å². The van der Waals surface area contributed by atoms with Crippen LogP contribution in [0.2, 0.25) is 10.0 Å².